The van der Waals surface area contributed by atoms with Gasteiger partial charge in [0.15, 0.2) is 0 Å². The van der Waals surface area contributed by atoms with E-state index < -0.39 is 0 Å². The SMILES string of the molecule is CCOc1ncccc1C(=O)N[C@@H]1CCOC[C@@H]1Oc1ccc(C)nc1. The quantitative estimate of drug-likeness (QED) is 0.853. The zero-order valence-corrected chi connectivity index (χ0v) is 15.0. The molecule has 0 spiro atoms. The maximum atomic E-state index is 12.7. The van der Waals surface area contributed by atoms with Crippen molar-refractivity contribution in [2.24, 2.45) is 0 Å². The van der Waals surface area contributed by atoms with Gasteiger partial charge in [-0.1, -0.05) is 0 Å². The van der Waals surface area contributed by atoms with Gasteiger partial charge in [-0.05, 0) is 44.5 Å². The summed E-state index contributed by atoms with van der Waals surface area (Å²) in [4.78, 5) is 21.1. The van der Waals surface area contributed by atoms with E-state index in [0.29, 0.717) is 43.4 Å². The van der Waals surface area contributed by atoms with Crippen molar-refractivity contribution < 1.29 is 19.0 Å². The van der Waals surface area contributed by atoms with E-state index in [1.54, 1.807) is 24.5 Å². The van der Waals surface area contributed by atoms with Crippen LogP contribution < -0.4 is 14.8 Å². The average molecular weight is 357 g/mol. The normalized spacial score (nSPS) is 19.6. The fraction of sp³-hybridized carbons (Fsp3) is 0.421. The van der Waals surface area contributed by atoms with Gasteiger partial charge in [-0.2, -0.15) is 0 Å². The Labute approximate surface area is 152 Å². The van der Waals surface area contributed by atoms with Crippen LogP contribution in [0.25, 0.3) is 0 Å². The molecule has 2 aromatic heterocycles. The van der Waals surface area contributed by atoms with Crippen LogP contribution in [-0.2, 0) is 4.74 Å². The van der Waals surface area contributed by atoms with E-state index in [4.69, 9.17) is 14.2 Å². The second kappa shape index (κ2) is 8.62. The molecule has 3 rings (SSSR count). The number of rotatable bonds is 6. The van der Waals surface area contributed by atoms with Crippen molar-refractivity contribution >= 4 is 5.91 Å². The number of amides is 1. The predicted octanol–water partition coefficient (Wildman–Crippen LogP) is 2.15. The number of aryl methyl sites for hydroxylation is 1. The maximum absolute atomic E-state index is 12.7. The summed E-state index contributed by atoms with van der Waals surface area (Å²) in [7, 11) is 0. The zero-order chi connectivity index (χ0) is 18.4. The lowest BCUT2D eigenvalue weighted by Crippen LogP contribution is -2.51. The molecule has 138 valence electrons. The molecule has 7 heteroatoms. The van der Waals surface area contributed by atoms with E-state index in [1.807, 2.05) is 26.0 Å². The molecule has 3 heterocycles. The summed E-state index contributed by atoms with van der Waals surface area (Å²) in [5.41, 5.74) is 1.33. The van der Waals surface area contributed by atoms with Crippen LogP contribution in [0.3, 0.4) is 0 Å². The number of nitrogens with zero attached hydrogens (tertiary/aromatic N) is 2. The van der Waals surface area contributed by atoms with Crippen molar-refractivity contribution in [3.8, 4) is 11.6 Å². The fourth-order valence-corrected chi connectivity index (χ4v) is 2.75. The lowest BCUT2D eigenvalue weighted by Gasteiger charge is -2.32. The van der Waals surface area contributed by atoms with Crippen LogP contribution in [0.2, 0.25) is 0 Å². The largest absolute Gasteiger partial charge is 0.484 e. The Hall–Kier alpha value is -2.67. The number of aromatic nitrogens is 2. The Morgan fingerprint density at radius 1 is 1.35 bits per heavy atom. The Bertz CT molecular complexity index is 736. The summed E-state index contributed by atoms with van der Waals surface area (Å²) in [6.07, 6.45) is 3.66. The molecule has 2 atom stereocenters. The van der Waals surface area contributed by atoms with Crippen LogP contribution in [0, 0.1) is 6.92 Å². The van der Waals surface area contributed by atoms with Crippen LogP contribution >= 0.6 is 0 Å². The highest BCUT2D eigenvalue weighted by atomic mass is 16.5. The van der Waals surface area contributed by atoms with Gasteiger partial charge < -0.3 is 19.5 Å². The molecule has 26 heavy (non-hydrogen) atoms. The molecule has 0 saturated carbocycles. The molecule has 1 aliphatic rings. The zero-order valence-electron chi connectivity index (χ0n) is 15.0. The van der Waals surface area contributed by atoms with Crippen LogP contribution in [0.15, 0.2) is 36.7 Å². The molecule has 1 N–H and O–H groups in total. The van der Waals surface area contributed by atoms with Gasteiger partial charge in [-0.15, -0.1) is 0 Å². The van der Waals surface area contributed by atoms with Gasteiger partial charge in [0, 0.05) is 18.5 Å². The molecule has 1 fully saturated rings. The highest BCUT2D eigenvalue weighted by Gasteiger charge is 2.30. The highest BCUT2D eigenvalue weighted by molar-refractivity contribution is 5.96. The first-order valence-corrected chi connectivity index (χ1v) is 8.73. The van der Waals surface area contributed by atoms with Gasteiger partial charge in [0.05, 0.1) is 25.5 Å². The van der Waals surface area contributed by atoms with Gasteiger partial charge in [-0.3, -0.25) is 9.78 Å². The summed E-state index contributed by atoms with van der Waals surface area (Å²) in [5.74, 6) is 0.755. The standard InChI is InChI=1S/C19H23N3O4/c1-3-25-19-15(5-4-9-20-19)18(23)22-16-8-10-24-12-17(16)26-14-7-6-13(2)21-11-14/h4-7,9,11,16-17H,3,8,10,12H2,1-2H3,(H,22,23)/t16-,17+/m1/s1. The molecule has 1 aliphatic heterocycles. The summed E-state index contributed by atoms with van der Waals surface area (Å²) >= 11 is 0. The second-order valence-corrected chi connectivity index (χ2v) is 6.02. The molecule has 0 bridgehead atoms. The Balaban J connectivity index is 1.70. The topological polar surface area (TPSA) is 82.6 Å². The first-order chi connectivity index (χ1) is 12.7. The Morgan fingerprint density at radius 2 is 2.23 bits per heavy atom. The Morgan fingerprint density at radius 3 is 3.00 bits per heavy atom. The van der Waals surface area contributed by atoms with Crippen LogP contribution in [0.5, 0.6) is 11.6 Å². The minimum Gasteiger partial charge on any atom is -0.484 e. The van der Waals surface area contributed by atoms with Gasteiger partial charge >= 0.3 is 0 Å². The molecule has 0 aromatic carbocycles. The van der Waals surface area contributed by atoms with E-state index in [0.717, 1.165) is 5.69 Å². The third-order valence-corrected chi connectivity index (χ3v) is 4.09. The van der Waals surface area contributed by atoms with E-state index in [-0.39, 0.29) is 18.1 Å². The number of carbonyl (C=O) groups is 1. The molecule has 1 saturated heterocycles. The van der Waals surface area contributed by atoms with E-state index in [9.17, 15) is 4.79 Å². The molecule has 2 aromatic rings. The monoisotopic (exact) mass is 357 g/mol. The van der Waals surface area contributed by atoms with E-state index in [1.165, 1.54) is 0 Å². The van der Waals surface area contributed by atoms with E-state index in [2.05, 4.69) is 15.3 Å². The van der Waals surface area contributed by atoms with Crippen molar-refractivity contribution in [2.45, 2.75) is 32.4 Å². The molecular formula is C19H23N3O4. The number of ether oxygens (including phenoxy) is 3. The summed E-state index contributed by atoms with van der Waals surface area (Å²) < 4.78 is 17.0. The van der Waals surface area contributed by atoms with Gasteiger partial charge in [0.1, 0.15) is 17.4 Å². The number of nitrogens with one attached hydrogen (secondary N) is 1. The third kappa shape index (κ3) is 4.49. The smallest absolute Gasteiger partial charge is 0.257 e. The number of hydrogen-bond donors (Lipinski definition) is 1. The second-order valence-electron chi connectivity index (χ2n) is 6.02. The first kappa shape index (κ1) is 18.1. The first-order valence-electron chi connectivity index (χ1n) is 8.73. The van der Waals surface area contributed by atoms with E-state index >= 15 is 0 Å². The molecule has 0 radical (unpaired) electrons. The predicted molar refractivity (Wildman–Crippen MR) is 95.5 cm³/mol. The molecule has 0 aliphatic carbocycles. The molecular weight excluding hydrogens is 334 g/mol. The van der Waals surface area contributed by atoms with Crippen molar-refractivity contribution in [2.75, 3.05) is 19.8 Å². The maximum Gasteiger partial charge on any atom is 0.257 e. The van der Waals surface area contributed by atoms with Gasteiger partial charge in [-0.25, -0.2) is 4.98 Å². The molecule has 1 amide bonds. The minimum atomic E-state index is -0.288. The van der Waals surface area contributed by atoms with Crippen molar-refractivity contribution in [1.82, 2.24) is 15.3 Å². The number of hydrogen-bond acceptors (Lipinski definition) is 6. The minimum absolute atomic E-state index is 0.174. The number of pyridine rings is 2. The van der Waals surface area contributed by atoms with Crippen molar-refractivity contribution in [1.29, 1.82) is 0 Å². The van der Waals surface area contributed by atoms with Crippen molar-refractivity contribution in [3.05, 3.63) is 47.9 Å². The molecule has 0 unspecified atom stereocenters. The lowest BCUT2D eigenvalue weighted by atomic mass is 10.1. The summed E-state index contributed by atoms with van der Waals surface area (Å²) in [6, 6.07) is 6.99. The van der Waals surface area contributed by atoms with Crippen molar-refractivity contribution in [3.63, 3.8) is 0 Å². The van der Waals surface area contributed by atoms with Crippen LogP contribution in [0.4, 0.5) is 0 Å². The molecule has 7 nitrogen and oxygen atoms in total. The van der Waals surface area contributed by atoms with Crippen LogP contribution in [0.1, 0.15) is 29.4 Å². The van der Waals surface area contributed by atoms with Gasteiger partial charge in [0.25, 0.3) is 5.91 Å². The van der Waals surface area contributed by atoms with Gasteiger partial charge in [0.2, 0.25) is 5.88 Å². The van der Waals surface area contributed by atoms with Crippen LogP contribution in [-0.4, -0.2) is 47.8 Å². The average Bonchev–Trinajstić information content (AvgIpc) is 2.66. The lowest BCUT2D eigenvalue weighted by molar-refractivity contribution is -0.0136. The summed E-state index contributed by atoms with van der Waals surface area (Å²) in [6.45, 7) is 5.20. The number of carbonyl (C=O) groups excluding carboxylic acids is 1. The highest BCUT2D eigenvalue weighted by Crippen LogP contribution is 2.19. The summed E-state index contributed by atoms with van der Waals surface area (Å²) in [5, 5.41) is 3.03. The third-order valence-electron chi connectivity index (χ3n) is 4.09. The Kier molecular flexibility index (Phi) is 6.01. The fourth-order valence-electron chi connectivity index (χ4n) is 2.75.